The number of halogens is 1. The van der Waals surface area contributed by atoms with Crippen LogP contribution in [0.15, 0.2) is 48.5 Å². The van der Waals surface area contributed by atoms with Crippen LogP contribution >= 0.6 is 15.9 Å². The molecule has 1 heteroatoms. The first kappa shape index (κ1) is 14.3. The van der Waals surface area contributed by atoms with Crippen LogP contribution in [0.5, 0.6) is 0 Å². The maximum absolute atomic E-state index is 3.82. The Kier molecular flexibility index (Phi) is 4.81. The molecule has 0 amide bonds. The van der Waals surface area contributed by atoms with Gasteiger partial charge in [-0.1, -0.05) is 78.3 Å². The SMILES string of the molecule is CCC(C)c1ccc(C(Br)c2ccccc2C)cc1. The topological polar surface area (TPSA) is 0 Å². The summed E-state index contributed by atoms with van der Waals surface area (Å²) in [5.74, 6) is 0.640. The number of aryl methyl sites for hydroxylation is 1. The average molecular weight is 317 g/mol. The quantitative estimate of drug-likeness (QED) is 0.607. The molecule has 0 aromatic heterocycles. The van der Waals surface area contributed by atoms with Crippen molar-refractivity contribution >= 4 is 15.9 Å². The first-order valence-corrected chi connectivity index (χ1v) is 7.84. The third kappa shape index (κ3) is 3.27. The molecule has 0 N–H and O–H groups in total. The van der Waals surface area contributed by atoms with Gasteiger partial charge in [-0.2, -0.15) is 0 Å². The van der Waals surface area contributed by atoms with Crippen molar-refractivity contribution in [3.8, 4) is 0 Å². The molecular formula is C18H21Br. The highest BCUT2D eigenvalue weighted by Gasteiger charge is 2.12. The van der Waals surface area contributed by atoms with E-state index >= 15 is 0 Å². The Morgan fingerprint density at radius 3 is 2.11 bits per heavy atom. The van der Waals surface area contributed by atoms with Gasteiger partial charge in [0, 0.05) is 0 Å². The van der Waals surface area contributed by atoms with E-state index in [1.165, 1.54) is 28.7 Å². The van der Waals surface area contributed by atoms with Crippen LogP contribution < -0.4 is 0 Å². The number of hydrogen-bond acceptors (Lipinski definition) is 0. The van der Waals surface area contributed by atoms with E-state index in [0.717, 1.165) is 0 Å². The standard InChI is InChI=1S/C18H21Br/c1-4-13(2)15-9-11-16(12-10-15)18(19)17-8-6-5-7-14(17)3/h5-13,18H,4H2,1-3H3. The monoisotopic (exact) mass is 316 g/mol. The van der Waals surface area contributed by atoms with Crippen LogP contribution in [0, 0.1) is 6.92 Å². The lowest BCUT2D eigenvalue weighted by Gasteiger charge is -2.15. The Labute approximate surface area is 125 Å². The third-order valence-corrected chi connectivity index (χ3v) is 4.89. The van der Waals surface area contributed by atoms with Crippen LogP contribution in [-0.4, -0.2) is 0 Å². The maximum Gasteiger partial charge on any atom is 0.0647 e. The highest BCUT2D eigenvalue weighted by Crippen LogP contribution is 2.33. The molecule has 2 rings (SSSR count). The first-order valence-electron chi connectivity index (χ1n) is 6.93. The van der Waals surface area contributed by atoms with Gasteiger partial charge in [0.25, 0.3) is 0 Å². The zero-order chi connectivity index (χ0) is 13.8. The van der Waals surface area contributed by atoms with Crippen molar-refractivity contribution in [2.24, 2.45) is 0 Å². The second kappa shape index (κ2) is 6.38. The van der Waals surface area contributed by atoms with Crippen LogP contribution in [0.4, 0.5) is 0 Å². The minimum atomic E-state index is 0.277. The van der Waals surface area contributed by atoms with Crippen molar-refractivity contribution < 1.29 is 0 Å². The molecule has 2 unspecified atom stereocenters. The smallest absolute Gasteiger partial charge is 0.0647 e. The fourth-order valence-electron chi connectivity index (χ4n) is 2.28. The summed E-state index contributed by atoms with van der Waals surface area (Å²) >= 11 is 3.82. The molecular weight excluding hydrogens is 296 g/mol. The molecule has 0 aliphatic carbocycles. The van der Waals surface area contributed by atoms with Gasteiger partial charge in [0.2, 0.25) is 0 Å². The Hall–Kier alpha value is -1.08. The van der Waals surface area contributed by atoms with Crippen LogP contribution in [0.2, 0.25) is 0 Å². The van der Waals surface area contributed by atoms with E-state index in [1.54, 1.807) is 0 Å². The minimum absolute atomic E-state index is 0.277. The van der Waals surface area contributed by atoms with E-state index < -0.39 is 0 Å². The Balaban J connectivity index is 2.25. The molecule has 2 atom stereocenters. The number of hydrogen-bond donors (Lipinski definition) is 0. The van der Waals surface area contributed by atoms with Crippen LogP contribution in [0.25, 0.3) is 0 Å². The summed E-state index contributed by atoms with van der Waals surface area (Å²) in [5.41, 5.74) is 5.42. The molecule has 19 heavy (non-hydrogen) atoms. The van der Waals surface area contributed by atoms with E-state index in [2.05, 4.69) is 85.2 Å². The highest BCUT2D eigenvalue weighted by atomic mass is 79.9. The van der Waals surface area contributed by atoms with Crippen LogP contribution in [0.1, 0.15) is 53.3 Å². The number of alkyl halides is 1. The number of rotatable bonds is 4. The molecule has 0 aliphatic rings. The third-order valence-electron chi connectivity index (χ3n) is 3.87. The predicted molar refractivity (Wildman–Crippen MR) is 87.1 cm³/mol. The average Bonchev–Trinajstić information content (AvgIpc) is 2.46. The lowest BCUT2D eigenvalue weighted by atomic mass is 9.95. The Bertz CT molecular complexity index is 528. The summed E-state index contributed by atoms with van der Waals surface area (Å²) in [6.07, 6.45) is 1.19. The minimum Gasteiger partial charge on any atom is -0.0786 e. The van der Waals surface area contributed by atoms with Gasteiger partial charge in [-0.05, 0) is 41.5 Å². The van der Waals surface area contributed by atoms with Crippen molar-refractivity contribution in [2.75, 3.05) is 0 Å². The fourth-order valence-corrected chi connectivity index (χ4v) is 3.10. The van der Waals surface area contributed by atoms with Crippen molar-refractivity contribution in [3.05, 3.63) is 70.8 Å². The van der Waals surface area contributed by atoms with E-state index in [4.69, 9.17) is 0 Å². The second-order valence-corrected chi connectivity index (χ2v) is 6.11. The Morgan fingerprint density at radius 2 is 1.53 bits per heavy atom. The molecule has 0 radical (unpaired) electrons. The van der Waals surface area contributed by atoms with Gasteiger partial charge in [-0.15, -0.1) is 0 Å². The number of benzene rings is 2. The second-order valence-electron chi connectivity index (χ2n) is 5.20. The van der Waals surface area contributed by atoms with Gasteiger partial charge in [-0.25, -0.2) is 0 Å². The maximum atomic E-state index is 3.82. The summed E-state index contributed by atoms with van der Waals surface area (Å²) in [6, 6.07) is 17.6. The zero-order valence-electron chi connectivity index (χ0n) is 11.9. The van der Waals surface area contributed by atoms with E-state index in [1.807, 2.05) is 0 Å². The van der Waals surface area contributed by atoms with Crippen LogP contribution in [0.3, 0.4) is 0 Å². The summed E-state index contributed by atoms with van der Waals surface area (Å²) in [7, 11) is 0. The summed E-state index contributed by atoms with van der Waals surface area (Å²) in [6.45, 7) is 6.68. The molecule has 2 aromatic carbocycles. The first-order chi connectivity index (χ1) is 9.13. The van der Waals surface area contributed by atoms with Gasteiger partial charge >= 0.3 is 0 Å². The van der Waals surface area contributed by atoms with Crippen molar-refractivity contribution in [1.29, 1.82) is 0 Å². The molecule has 0 saturated carbocycles. The zero-order valence-corrected chi connectivity index (χ0v) is 13.4. The molecule has 0 fully saturated rings. The molecule has 0 heterocycles. The van der Waals surface area contributed by atoms with Gasteiger partial charge in [-0.3, -0.25) is 0 Å². The molecule has 0 nitrogen and oxygen atoms in total. The Morgan fingerprint density at radius 1 is 0.947 bits per heavy atom. The molecule has 0 bridgehead atoms. The lowest BCUT2D eigenvalue weighted by molar-refractivity contribution is 0.733. The van der Waals surface area contributed by atoms with Gasteiger partial charge in [0.15, 0.2) is 0 Å². The van der Waals surface area contributed by atoms with Crippen molar-refractivity contribution in [3.63, 3.8) is 0 Å². The van der Waals surface area contributed by atoms with Crippen molar-refractivity contribution in [2.45, 2.75) is 37.9 Å². The summed E-state index contributed by atoms with van der Waals surface area (Å²) in [5, 5.41) is 0. The van der Waals surface area contributed by atoms with Gasteiger partial charge in [0.1, 0.15) is 0 Å². The highest BCUT2D eigenvalue weighted by molar-refractivity contribution is 9.09. The predicted octanol–water partition coefficient (Wildman–Crippen LogP) is 5.99. The normalized spacial score (nSPS) is 14.1. The van der Waals surface area contributed by atoms with Gasteiger partial charge < -0.3 is 0 Å². The molecule has 0 aliphatic heterocycles. The molecule has 0 saturated heterocycles. The van der Waals surface area contributed by atoms with E-state index in [-0.39, 0.29) is 4.83 Å². The van der Waals surface area contributed by atoms with Crippen LogP contribution in [-0.2, 0) is 0 Å². The molecule has 100 valence electrons. The van der Waals surface area contributed by atoms with Gasteiger partial charge in [0.05, 0.1) is 4.83 Å². The lowest BCUT2D eigenvalue weighted by Crippen LogP contribution is -1.97. The summed E-state index contributed by atoms with van der Waals surface area (Å²) < 4.78 is 0. The largest absolute Gasteiger partial charge is 0.0786 e. The van der Waals surface area contributed by atoms with E-state index in [9.17, 15) is 0 Å². The van der Waals surface area contributed by atoms with E-state index in [0.29, 0.717) is 5.92 Å². The van der Waals surface area contributed by atoms with Crippen molar-refractivity contribution in [1.82, 2.24) is 0 Å². The summed E-state index contributed by atoms with van der Waals surface area (Å²) in [4.78, 5) is 0.277. The molecule has 0 spiro atoms. The fraction of sp³-hybridized carbons (Fsp3) is 0.333. The molecule has 2 aromatic rings.